The number of fused-ring (bicyclic) bond motifs is 1. The molecular weight excluding hydrogens is 232 g/mol. The first-order chi connectivity index (χ1) is 9.33. The molecule has 19 heavy (non-hydrogen) atoms. The van der Waals surface area contributed by atoms with Gasteiger partial charge in [-0.3, -0.25) is 4.98 Å². The van der Waals surface area contributed by atoms with Gasteiger partial charge in [-0.1, -0.05) is 31.2 Å². The van der Waals surface area contributed by atoms with Gasteiger partial charge >= 0.3 is 0 Å². The molecule has 0 radical (unpaired) electrons. The predicted molar refractivity (Wildman–Crippen MR) is 80.0 cm³/mol. The monoisotopic (exact) mass is 254 g/mol. The van der Waals surface area contributed by atoms with Gasteiger partial charge in [-0.2, -0.15) is 0 Å². The molecule has 2 nitrogen and oxygen atoms in total. The first-order valence-electron chi connectivity index (χ1n) is 7.38. The fraction of sp³-hybridized carbons (Fsp3) is 0.471. The van der Waals surface area contributed by atoms with Crippen LogP contribution in [0.25, 0.3) is 10.8 Å². The minimum Gasteiger partial charge on any atom is -0.310 e. The molecule has 1 heterocycles. The van der Waals surface area contributed by atoms with E-state index in [1.165, 1.54) is 42.0 Å². The molecule has 0 saturated heterocycles. The van der Waals surface area contributed by atoms with Gasteiger partial charge in [0, 0.05) is 30.4 Å². The highest BCUT2D eigenvalue weighted by Crippen LogP contribution is 2.24. The lowest BCUT2D eigenvalue weighted by Gasteiger charge is -2.27. The minimum atomic E-state index is 0.690. The van der Waals surface area contributed by atoms with Gasteiger partial charge in [-0.25, -0.2) is 0 Å². The van der Waals surface area contributed by atoms with E-state index in [9.17, 15) is 0 Å². The van der Waals surface area contributed by atoms with Crippen LogP contribution in [0.15, 0.2) is 36.7 Å². The number of aromatic nitrogens is 1. The molecule has 0 atom stereocenters. The third-order valence-electron chi connectivity index (χ3n) is 4.35. The molecule has 1 saturated carbocycles. The number of rotatable bonds is 3. The Morgan fingerprint density at radius 2 is 1.89 bits per heavy atom. The quantitative estimate of drug-likeness (QED) is 0.898. The molecule has 100 valence electrons. The molecule has 1 aliphatic carbocycles. The Morgan fingerprint density at radius 3 is 2.74 bits per heavy atom. The van der Waals surface area contributed by atoms with Gasteiger partial charge < -0.3 is 5.32 Å². The summed E-state index contributed by atoms with van der Waals surface area (Å²) in [5.41, 5.74) is 1.32. The second-order valence-corrected chi connectivity index (χ2v) is 5.86. The van der Waals surface area contributed by atoms with E-state index in [0.717, 1.165) is 12.5 Å². The third-order valence-corrected chi connectivity index (χ3v) is 4.35. The highest BCUT2D eigenvalue weighted by Gasteiger charge is 2.17. The van der Waals surface area contributed by atoms with Crippen LogP contribution in [0.5, 0.6) is 0 Å². The smallest absolute Gasteiger partial charge is 0.0346 e. The average molecular weight is 254 g/mol. The standard InChI is InChI=1S/C17H22N2/c1-13-6-8-16(9-7-13)19-12-15-11-18-10-14-4-2-3-5-17(14)15/h2-5,10-11,13,16,19H,6-9,12H2,1H3. The van der Waals surface area contributed by atoms with Crippen LogP contribution >= 0.6 is 0 Å². The zero-order chi connectivity index (χ0) is 13.1. The lowest BCUT2D eigenvalue weighted by molar-refractivity contribution is 0.307. The molecule has 1 aromatic carbocycles. The molecule has 0 aliphatic heterocycles. The van der Waals surface area contributed by atoms with E-state index < -0.39 is 0 Å². The molecule has 2 heteroatoms. The van der Waals surface area contributed by atoms with Crippen LogP contribution in [0.3, 0.4) is 0 Å². The fourth-order valence-electron chi connectivity index (χ4n) is 3.04. The number of pyridine rings is 1. The normalized spacial score (nSPS) is 23.6. The van der Waals surface area contributed by atoms with E-state index in [0.29, 0.717) is 6.04 Å². The molecule has 2 aromatic rings. The maximum atomic E-state index is 4.35. The SMILES string of the molecule is CC1CCC(NCc2cncc3ccccc23)CC1. The highest BCUT2D eigenvalue weighted by atomic mass is 14.9. The van der Waals surface area contributed by atoms with Gasteiger partial charge in [0.25, 0.3) is 0 Å². The van der Waals surface area contributed by atoms with Crippen molar-refractivity contribution in [2.75, 3.05) is 0 Å². The molecule has 0 bridgehead atoms. The first kappa shape index (κ1) is 12.6. The zero-order valence-electron chi connectivity index (χ0n) is 11.6. The van der Waals surface area contributed by atoms with Gasteiger partial charge in [0.1, 0.15) is 0 Å². The van der Waals surface area contributed by atoms with Crippen molar-refractivity contribution >= 4 is 10.8 Å². The molecule has 0 spiro atoms. The van der Waals surface area contributed by atoms with E-state index in [2.05, 4.69) is 41.5 Å². The number of hydrogen-bond acceptors (Lipinski definition) is 2. The zero-order valence-corrected chi connectivity index (χ0v) is 11.6. The Morgan fingerprint density at radius 1 is 1.11 bits per heavy atom. The van der Waals surface area contributed by atoms with Gasteiger partial charge in [-0.15, -0.1) is 0 Å². The van der Waals surface area contributed by atoms with Crippen molar-refractivity contribution < 1.29 is 0 Å². The van der Waals surface area contributed by atoms with Gasteiger partial charge in [0.05, 0.1) is 0 Å². The molecule has 1 fully saturated rings. The van der Waals surface area contributed by atoms with Crippen molar-refractivity contribution in [3.8, 4) is 0 Å². The van der Waals surface area contributed by atoms with E-state index in [-0.39, 0.29) is 0 Å². The Labute approximate surface area is 115 Å². The molecule has 3 rings (SSSR count). The van der Waals surface area contributed by atoms with Crippen molar-refractivity contribution in [1.29, 1.82) is 0 Å². The summed E-state index contributed by atoms with van der Waals surface area (Å²) in [7, 11) is 0. The highest BCUT2D eigenvalue weighted by molar-refractivity contribution is 5.84. The summed E-state index contributed by atoms with van der Waals surface area (Å²) in [5.74, 6) is 0.914. The van der Waals surface area contributed by atoms with E-state index in [1.807, 2.05) is 12.4 Å². The van der Waals surface area contributed by atoms with Gasteiger partial charge in [0.15, 0.2) is 0 Å². The summed E-state index contributed by atoms with van der Waals surface area (Å²) in [6.45, 7) is 3.30. The average Bonchev–Trinajstić information content (AvgIpc) is 2.47. The minimum absolute atomic E-state index is 0.690. The molecule has 1 aromatic heterocycles. The van der Waals surface area contributed by atoms with Crippen molar-refractivity contribution in [3.05, 3.63) is 42.2 Å². The van der Waals surface area contributed by atoms with Crippen LogP contribution in [-0.2, 0) is 6.54 Å². The molecule has 0 amide bonds. The van der Waals surface area contributed by atoms with Crippen LogP contribution in [0, 0.1) is 5.92 Å². The van der Waals surface area contributed by atoms with Gasteiger partial charge in [-0.05, 0) is 42.6 Å². The number of hydrogen-bond donors (Lipinski definition) is 1. The summed E-state index contributed by atoms with van der Waals surface area (Å²) < 4.78 is 0. The maximum absolute atomic E-state index is 4.35. The van der Waals surface area contributed by atoms with Crippen LogP contribution in [-0.4, -0.2) is 11.0 Å². The summed E-state index contributed by atoms with van der Waals surface area (Å²) in [4.78, 5) is 4.35. The summed E-state index contributed by atoms with van der Waals surface area (Å²) >= 11 is 0. The van der Waals surface area contributed by atoms with E-state index in [1.54, 1.807) is 0 Å². The molecule has 0 unspecified atom stereocenters. The van der Waals surface area contributed by atoms with Crippen molar-refractivity contribution in [1.82, 2.24) is 10.3 Å². The third kappa shape index (κ3) is 2.95. The number of benzene rings is 1. The molecule has 1 aliphatic rings. The van der Waals surface area contributed by atoms with Crippen LogP contribution in [0.4, 0.5) is 0 Å². The topological polar surface area (TPSA) is 24.9 Å². The van der Waals surface area contributed by atoms with Crippen molar-refractivity contribution in [3.63, 3.8) is 0 Å². The Balaban J connectivity index is 1.68. The lowest BCUT2D eigenvalue weighted by atomic mass is 9.87. The Hall–Kier alpha value is -1.41. The van der Waals surface area contributed by atoms with Crippen molar-refractivity contribution in [2.24, 2.45) is 5.92 Å². The van der Waals surface area contributed by atoms with Gasteiger partial charge in [0.2, 0.25) is 0 Å². The second-order valence-electron chi connectivity index (χ2n) is 5.86. The van der Waals surface area contributed by atoms with Crippen LogP contribution in [0.1, 0.15) is 38.2 Å². The second kappa shape index (κ2) is 5.70. The fourth-order valence-corrected chi connectivity index (χ4v) is 3.04. The Bertz CT molecular complexity index is 536. The number of nitrogens with zero attached hydrogens (tertiary/aromatic N) is 1. The largest absolute Gasteiger partial charge is 0.310 e. The van der Waals surface area contributed by atoms with Crippen LogP contribution < -0.4 is 5.32 Å². The summed E-state index contributed by atoms with van der Waals surface area (Å²) in [6, 6.07) is 9.19. The predicted octanol–water partition coefficient (Wildman–Crippen LogP) is 3.90. The lowest BCUT2D eigenvalue weighted by Crippen LogP contribution is -2.32. The van der Waals surface area contributed by atoms with E-state index >= 15 is 0 Å². The maximum Gasteiger partial charge on any atom is 0.0346 e. The van der Waals surface area contributed by atoms with Crippen LogP contribution in [0.2, 0.25) is 0 Å². The van der Waals surface area contributed by atoms with Crippen molar-refractivity contribution in [2.45, 2.75) is 45.2 Å². The summed E-state index contributed by atoms with van der Waals surface area (Å²) in [6.07, 6.45) is 9.32. The molecular formula is C17H22N2. The summed E-state index contributed by atoms with van der Waals surface area (Å²) in [5, 5.41) is 6.27. The Kier molecular flexibility index (Phi) is 3.79. The molecule has 1 N–H and O–H groups in total. The number of nitrogens with one attached hydrogen (secondary N) is 1. The van der Waals surface area contributed by atoms with E-state index in [4.69, 9.17) is 0 Å². The first-order valence-corrected chi connectivity index (χ1v) is 7.38.